The summed E-state index contributed by atoms with van der Waals surface area (Å²) in [5.41, 5.74) is 3.87. The van der Waals surface area contributed by atoms with E-state index in [4.69, 9.17) is 45.0 Å². The number of aryl methyl sites for hydroxylation is 2. The third-order valence-corrected chi connectivity index (χ3v) is 6.69. The average Bonchev–Trinajstić information content (AvgIpc) is 2.90. The molecule has 3 aromatic rings. The molecule has 8 nitrogen and oxygen atoms in total. The van der Waals surface area contributed by atoms with Gasteiger partial charge < -0.3 is 19.7 Å². The van der Waals surface area contributed by atoms with Crippen LogP contribution in [0.4, 0.5) is 0 Å². The maximum atomic E-state index is 11.5. The van der Waals surface area contributed by atoms with Crippen molar-refractivity contribution in [2.24, 2.45) is 0 Å². The molecule has 0 fully saturated rings. The van der Waals surface area contributed by atoms with Crippen molar-refractivity contribution in [3.05, 3.63) is 97.5 Å². The van der Waals surface area contributed by atoms with Crippen LogP contribution in [-0.4, -0.2) is 48.1 Å². The lowest BCUT2D eigenvalue weighted by Gasteiger charge is -2.12. The van der Waals surface area contributed by atoms with Crippen LogP contribution in [0.25, 0.3) is 0 Å². The van der Waals surface area contributed by atoms with Crippen LogP contribution < -0.4 is 0 Å². The first-order valence-electron chi connectivity index (χ1n) is 12.0. The highest BCUT2D eigenvalue weighted by molar-refractivity contribution is 6.32. The molecule has 0 aliphatic carbocycles. The Morgan fingerprint density at radius 2 is 1.27 bits per heavy atom. The molecule has 2 N–H and O–H groups in total. The lowest BCUT2D eigenvalue weighted by atomic mass is 9.94. The van der Waals surface area contributed by atoms with Crippen molar-refractivity contribution in [2.45, 2.75) is 39.5 Å². The van der Waals surface area contributed by atoms with E-state index in [1.54, 1.807) is 30.3 Å². The SMILES string of the molecule is COC(=O)C(C(C)=O)c1ccc(Cl)c(C)c1.COC(=O)Cc1ccc(Cl)c(C)c1.O=C(O)Cc1ccc(Cl)c(O)c1. The number of phenols is 1. The lowest BCUT2D eigenvalue weighted by molar-refractivity contribution is -0.145. The fourth-order valence-electron chi connectivity index (χ4n) is 3.40. The van der Waals surface area contributed by atoms with E-state index in [9.17, 15) is 19.2 Å². The van der Waals surface area contributed by atoms with Crippen LogP contribution in [0.1, 0.15) is 40.7 Å². The molecule has 0 saturated carbocycles. The number of methoxy groups -OCH3 is 2. The third kappa shape index (κ3) is 12.2. The van der Waals surface area contributed by atoms with Crippen LogP contribution in [0.5, 0.6) is 5.75 Å². The van der Waals surface area contributed by atoms with Crippen LogP contribution >= 0.6 is 34.8 Å². The molecule has 0 aliphatic rings. The summed E-state index contributed by atoms with van der Waals surface area (Å²) in [6, 6.07) is 14.9. The number of carboxylic acid groups (broad SMARTS) is 1. The number of hydrogen-bond acceptors (Lipinski definition) is 7. The van der Waals surface area contributed by atoms with E-state index in [0.717, 1.165) is 16.7 Å². The van der Waals surface area contributed by atoms with Crippen molar-refractivity contribution in [2.75, 3.05) is 14.2 Å². The number of rotatable bonds is 7. The molecule has 0 aromatic heterocycles. The Balaban J connectivity index is 0.000000311. The van der Waals surface area contributed by atoms with E-state index in [1.807, 2.05) is 26.0 Å². The van der Waals surface area contributed by atoms with Gasteiger partial charge in [0.1, 0.15) is 17.5 Å². The molecule has 220 valence electrons. The molecule has 3 aromatic carbocycles. The van der Waals surface area contributed by atoms with Crippen LogP contribution in [0.3, 0.4) is 0 Å². The van der Waals surface area contributed by atoms with E-state index in [1.165, 1.54) is 33.3 Å². The summed E-state index contributed by atoms with van der Waals surface area (Å²) >= 11 is 17.2. The smallest absolute Gasteiger partial charge is 0.320 e. The summed E-state index contributed by atoms with van der Waals surface area (Å²) in [4.78, 5) is 44.1. The number of halogens is 3. The van der Waals surface area contributed by atoms with Gasteiger partial charge >= 0.3 is 17.9 Å². The van der Waals surface area contributed by atoms with Gasteiger partial charge in [0.05, 0.1) is 32.1 Å². The lowest BCUT2D eigenvalue weighted by Crippen LogP contribution is -2.21. The zero-order chi connectivity index (χ0) is 31.3. The second kappa shape index (κ2) is 17.3. The summed E-state index contributed by atoms with van der Waals surface area (Å²) in [5.74, 6) is -2.90. The summed E-state index contributed by atoms with van der Waals surface area (Å²) < 4.78 is 9.16. The number of Topliss-reactive ketones (excluding diaryl/α,β-unsaturated/α-hetero) is 1. The summed E-state index contributed by atoms with van der Waals surface area (Å²) in [5, 5.41) is 19.1. The fourth-order valence-corrected chi connectivity index (χ4v) is 3.75. The first-order chi connectivity index (χ1) is 19.2. The minimum Gasteiger partial charge on any atom is -0.506 e. The first-order valence-corrected chi connectivity index (χ1v) is 13.2. The number of benzene rings is 3. The number of carbonyl (C=O) groups excluding carboxylic acids is 3. The van der Waals surface area contributed by atoms with Gasteiger partial charge in [-0.3, -0.25) is 19.2 Å². The molecule has 0 amide bonds. The van der Waals surface area contributed by atoms with E-state index >= 15 is 0 Å². The van der Waals surface area contributed by atoms with E-state index in [-0.39, 0.29) is 28.9 Å². The van der Waals surface area contributed by atoms with Crippen LogP contribution in [0.15, 0.2) is 54.6 Å². The number of aromatic hydroxyl groups is 1. The molecule has 41 heavy (non-hydrogen) atoms. The first kappa shape index (κ1) is 35.4. The number of esters is 2. The Morgan fingerprint density at radius 3 is 1.71 bits per heavy atom. The van der Waals surface area contributed by atoms with Gasteiger partial charge in [-0.1, -0.05) is 65.1 Å². The minimum absolute atomic E-state index is 0.0876. The molecular formula is C30H31Cl3O8. The van der Waals surface area contributed by atoms with Crippen molar-refractivity contribution in [3.63, 3.8) is 0 Å². The standard InChI is InChI=1S/C12H13ClO3.C10H11ClO2.C8H7ClO3/c1-7-6-9(4-5-10(7)13)11(8(2)14)12(15)16-3;1-7-5-8(3-4-9(7)11)6-10(12)13-2;9-6-2-1-5(3-7(6)10)4-8(11)12/h4-6,11H,1-3H3;3-5H,6H2,1-2H3;1-3,10H,4H2,(H,11,12). The number of ether oxygens (including phenoxy) is 2. The largest absolute Gasteiger partial charge is 0.506 e. The van der Waals surface area contributed by atoms with E-state index < -0.39 is 17.9 Å². The van der Waals surface area contributed by atoms with Crippen LogP contribution in [0, 0.1) is 13.8 Å². The minimum atomic E-state index is -0.934. The summed E-state index contributed by atoms with van der Waals surface area (Å²) in [6.45, 7) is 5.09. The molecule has 1 unspecified atom stereocenters. The molecule has 0 heterocycles. The van der Waals surface area contributed by atoms with Gasteiger partial charge in [-0.25, -0.2) is 0 Å². The van der Waals surface area contributed by atoms with Crippen molar-refractivity contribution in [1.29, 1.82) is 0 Å². The molecule has 0 radical (unpaired) electrons. The normalized spacial score (nSPS) is 10.6. The zero-order valence-electron chi connectivity index (χ0n) is 23.2. The van der Waals surface area contributed by atoms with Gasteiger partial charge in [-0.2, -0.15) is 0 Å². The van der Waals surface area contributed by atoms with Gasteiger partial charge in [0.15, 0.2) is 0 Å². The highest BCUT2D eigenvalue weighted by Crippen LogP contribution is 2.25. The number of carboxylic acids is 1. The highest BCUT2D eigenvalue weighted by atomic mass is 35.5. The second-order valence-electron chi connectivity index (χ2n) is 8.77. The number of carbonyl (C=O) groups is 4. The van der Waals surface area contributed by atoms with Gasteiger partial charge in [-0.05, 0) is 72.9 Å². The second-order valence-corrected chi connectivity index (χ2v) is 9.99. The maximum Gasteiger partial charge on any atom is 0.320 e. The molecule has 0 spiro atoms. The van der Waals surface area contributed by atoms with E-state index in [2.05, 4.69) is 9.47 Å². The molecule has 3 rings (SSSR count). The fraction of sp³-hybridized carbons (Fsp3) is 0.267. The average molecular weight is 626 g/mol. The van der Waals surface area contributed by atoms with E-state index in [0.29, 0.717) is 27.6 Å². The Kier molecular flexibility index (Phi) is 14.9. The monoisotopic (exact) mass is 624 g/mol. The van der Waals surface area contributed by atoms with Crippen LogP contribution in [-0.2, 0) is 41.5 Å². The maximum absolute atomic E-state index is 11.5. The van der Waals surface area contributed by atoms with Crippen molar-refractivity contribution >= 4 is 58.5 Å². The number of hydrogen-bond donors (Lipinski definition) is 2. The van der Waals surface area contributed by atoms with Gasteiger partial charge in [0, 0.05) is 10.0 Å². The Labute approximate surface area is 253 Å². The van der Waals surface area contributed by atoms with Crippen molar-refractivity contribution < 1.29 is 38.9 Å². The predicted octanol–water partition coefficient (Wildman–Crippen LogP) is 6.53. The van der Waals surface area contributed by atoms with Crippen molar-refractivity contribution in [1.82, 2.24) is 0 Å². The zero-order valence-corrected chi connectivity index (χ0v) is 25.4. The quantitative estimate of drug-likeness (QED) is 0.224. The Hall–Kier alpha value is -3.59. The highest BCUT2D eigenvalue weighted by Gasteiger charge is 2.26. The predicted molar refractivity (Wildman–Crippen MR) is 158 cm³/mol. The molecule has 0 aliphatic heterocycles. The topological polar surface area (TPSA) is 127 Å². The Bertz CT molecular complexity index is 1390. The van der Waals surface area contributed by atoms with Gasteiger partial charge in [-0.15, -0.1) is 0 Å². The number of aliphatic carboxylic acids is 1. The van der Waals surface area contributed by atoms with Gasteiger partial charge in [0.25, 0.3) is 0 Å². The van der Waals surface area contributed by atoms with Crippen molar-refractivity contribution in [3.8, 4) is 5.75 Å². The number of phenolic OH excluding ortho intramolecular Hbond substituents is 1. The third-order valence-electron chi connectivity index (χ3n) is 5.52. The number of ketones is 1. The van der Waals surface area contributed by atoms with Gasteiger partial charge in [0.2, 0.25) is 0 Å². The molecule has 0 saturated heterocycles. The molecule has 1 atom stereocenters. The molecular weight excluding hydrogens is 595 g/mol. The molecule has 11 heteroatoms. The Morgan fingerprint density at radius 1 is 0.756 bits per heavy atom. The molecule has 0 bridgehead atoms. The van der Waals surface area contributed by atoms with Crippen LogP contribution in [0.2, 0.25) is 15.1 Å². The summed E-state index contributed by atoms with van der Waals surface area (Å²) in [6.07, 6.45) is 0.194. The summed E-state index contributed by atoms with van der Waals surface area (Å²) in [7, 11) is 2.64.